The number of anilines is 1. The molecule has 1 aromatic heterocycles. The van der Waals surface area contributed by atoms with E-state index in [2.05, 4.69) is 49.8 Å². The van der Waals surface area contributed by atoms with Gasteiger partial charge in [-0.1, -0.05) is 51.1 Å². The van der Waals surface area contributed by atoms with Crippen molar-refractivity contribution < 1.29 is 9.21 Å². The second-order valence-corrected chi connectivity index (χ2v) is 8.47. The highest BCUT2D eigenvalue weighted by molar-refractivity contribution is 5.98. The standard InChI is InChI=1S/C25H29N3O2/c1-7-15-26-23(29)21-22(18-9-8-10-20(16-18)28(5)6)30-24(27-21)17-11-13-19(14-12-17)25(2,3)4/h7-14,16H,1,15H2,2-6H3,(H,26,29). The fourth-order valence-electron chi connectivity index (χ4n) is 3.08. The Labute approximate surface area is 178 Å². The molecule has 1 heterocycles. The fourth-order valence-corrected chi connectivity index (χ4v) is 3.08. The Bertz CT molecular complexity index is 1040. The van der Waals surface area contributed by atoms with Crippen LogP contribution in [0.3, 0.4) is 0 Å². The maximum Gasteiger partial charge on any atom is 0.274 e. The van der Waals surface area contributed by atoms with Crippen molar-refractivity contribution in [3.8, 4) is 22.8 Å². The maximum atomic E-state index is 12.8. The molecular formula is C25H29N3O2. The van der Waals surface area contributed by atoms with Gasteiger partial charge >= 0.3 is 0 Å². The van der Waals surface area contributed by atoms with Crippen molar-refractivity contribution in [1.29, 1.82) is 0 Å². The van der Waals surface area contributed by atoms with Gasteiger partial charge in [-0.15, -0.1) is 6.58 Å². The minimum Gasteiger partial charge on any atom is -0.435 e. The number of aromatic nitrogens is 1. The van der Waals surface area contributed by atoms with E-state index in [4.69, 9.17) is 4.42 Å². The van der Waals surface area contributed by atoms with Crippen LogP contribution >= 0.6 is 0 Å². The van der Waals surface area contributed by atoms with Crippen LogP contribution in [-0.2, 0) is 5.41 Å². The molecule has 0 atom stereocenters. The van der Waals surface area contributed by atoms with Gasteiger partial charge in [-0.2, -0.15) is 0 Å². The summed E-state index contributed by atoms with van der Waals surface area (Å²) in [5.41, 5.74) is 4.19. The fraction of sp³-hybridized carbons (Fsp3) is 0.280. The van der Waals surface area contributed by atoms with Crippen LogP contribution in [0, 0.1) is 0 Å². The molecule has 0 spiro atoms. The summed E-state index contributed by atoms with van der Waals surface area (Å²) in [5, 5.41) is 2.80. The number of oxazole rings is 1. The van der Waals surface area contributed by atoms with E-state index < -0.39 is 0 Å². The molecule has 0 saturated carbocycles. The van der Waals surface area contributed by atoms with Gasteiger partial charge in [0.15, 0.2) is 11.5 Å². The lowest BCUT2D eigenvalue weighted by Crippen LogP contribution is -2.24. The molecule has 30 heavy (non-hydrogen) atoms. The molecule has 2 aromatic carbocycles. The van der Waals surface area contributed by atoms with Crippen molar-refractivity contribution in [2.24, 2.45) is 0 Å². The second kappa shape index (κ2) is 8.57. The Balaban J connectivity index is 2.07. The number of hydrogen-bond acceptors (Lipinski definition) is 4. The average Bonchev–Trinajstić information content (AvgIpc) is 3.17. The maximum absolute atomic E-state index is 12.8. The minimum absolute atomic E-state index is 0.0582. The summed E-state index contributed by atoms with van der Waals surface area (Å²) in [6.45, 7) is 10.5. The van der Waals surface area contributed by atoms with Crippen LogP contribution in [0.4, 0.5) is 5.69 Å². The van der Waals surface area contributed by atoms with Gasteiger partial charge in [0, 0.05) is 37.5 Å². The van der Waals surface area contributed by atoms with Crippen molar-refractivity contribution in [3.63, 3.8) is 0 Å². The van der Waals surface area contributed by atoms with Gasteiger partial charge < -0.3 is 14.6 Å². The highest BCUT2D eigenvalue weighted by Gasteiger charge is 2.23. The molecule has 0 fully saturated rings. The monoisotopic (exact) mass is 403 g/mol. The zero-order valence-electron chi connectivity index (χ0n) is 18.3. The first kappa shape index (κ1) is 21.4. The summed E-state index contributed by atoms with van der Waals surface area (Å²) in [6.07, 6.45) is 1.64. The largest absolute Gasteiger partial charge is 0.435 e. The molecule has 156 valence electrons. The molecule has 5 heteroatoms. The lowest BCUT2D eigenvalue weighted by molar-refractivity contribution is 0.0954. The zero-order chi connectivity index (χ0) is 21.9. The molecule has 0 radical (unpaired) electrons. The van der Waals surface area contributed by atoms with E-state index in [1.54, 1.807) is 6.08 Å². The molecule has 0 unspecified atom stereocenters. The lowest BCUT2D eigenvalue weighted by Gasteiger charge is -2.18. The first-order chi connectivity index (χ1) is 14.2. The Morgan fingerprint density at radius 2 is 1.83 bits per heavy atom. The predicted octanol–water partition coefficient (Wildman–Crippen LogP) is 5.29. The number of carbonyl (C=O) groups is 1. The van der Waals surface area contributed by atoms with Crippen LogP contribution in [0.2, 0.25) is 0 Å². The van der Waals surface area contributed by atoms with Gasteiger partial charge in [-0.3, -0.25) is 4.79 Å². The van der Waals surface area contributed by atoms with Crippen LogP contribution in [0.1, 0.15) is 36.8 Å². The Kier molecular flexibility index (Phi) is 6.11. The SMILES string of the molecule is C=CCNC(=O)c1nc(-c2ccc(C(C)(C)C)cc2)oc1-c1cccc(N(C)C)c1. The summed E-state index contributed by atoms with van der Waals surface area (Å²) in [6, 6.07) is 16.0. The van der Waals surface area contributed by atoms with Gasteiger partial charge in [0.2, 0.25) is 5.89 Å². The van der Waals surface area contributed by atoms with E-state index >= 15 is 0 Å². The van der Waals surface area contributed by atoms with Gasteiger partial charge in [0.1, 0.15) is 0 Å². The quantitative estimate of drug-likeness (QED) is 0.568. The summed E-state index contributed by atoms with van der Waals surface area (Å²) in [4.78, 5) is 19.3. The molecule has 1 N–H and O–H groups in total. The smallest absolute Gasteiger partial charge is 0.274 e. The Morgan fingerprint density at radius 1 is 1.13 bits per heavy atom. The van der Waals surface area contributed by atoms with E-state index in [0.717, 1.165) is 16.8 Å². The van der Waals surface area contributed by atoms with E-state index in [9.17, 15) is 4.79 Å². The summed E-state index contributed by atoms with van der Waals surface area (Å²) >= 11 is 0. The van der Waals surface area contributed by atoms with Crippen LogP contribution in [0.25, 0.3) is 22.8 Å². The summed E-state index contributed by atoms with van der Waals surface area (Å²) < 4.78 is 6.13. The van der Waals surface area contributed by atoms with Gasteiger partial charge in [-0.25, -0.2) is 4.98 Å². The first-order valence-corrected chi connectivity index (χ1v) is 9.99. The Hall–Kier alpha value is -3.34. The average molecular weight is 404 g/mol. The third-order valence-corrected chi connectivity index (χ3v) is 4.87. The molecule has 1 amide bonds. The Morgan fingerprint density at radius 3 is 2.43 bits per heavy atom. The predicted molar refractivity (Wildman–Crippen MR) is 123 cm³/mol. The normalized spacial score (nSPS) is 11.2. The molecule has 0 aliphatic rings. The van der Waals surface area contributed by atoms with Crippen molar-refractivity contribution in [1.82, 2.24) is 10.3 Å². The molecular weight excluding hydrogens is 374 g/mol. The third-order valence-electron chi connectivity index (χ3n) is 4.87. The number of nitrogens with one attached hydrogen (secondary N) is 1. The topological polar surface area (TPSA) is 58.4 Å². The zero-order valence-corrected chi connectivity index (χ0v) is 18.3. The van der Waals surface area contributed by atoms with E-state index in [1.807, 2.05) is 55.4 Å². The molecule has 3 aromatic rings. The molecule has 0 aliphatic carbocycles. The summed E-state index contributed by atoms with van der Waals surface area (Å²) in [5.74, 6) is 0.584. The van der Waals surface area contributed by atoms with Crippen LogP contribution in [0.5, 0.6) is 0 Å². The van der Waals surface area contributed by atoms with E-state index in [-0.39, 0.29) is 17.0 Å². The molecule has 3 rings (SSSR count). The van der Waals surface area contributed by atoms with Crippen LogP contribution < -0.4 is 10.2 Å². The second-order valence-electron chi connectivity index (χ2n) is 8.47. The highest BCUT2D eigenvalue weighted by atomic mass is 16.4. The number of hydrogen-bond donors (Lipinski definition) is 1. The van der Waals surface area contributed by atoms with Gasteiger partial charge in [-0.05, 0) is 35.2 Å². The minimum atomic E-state index is -0.290. The number of benzene rings is 2. The number of carbonyl (C=O) groups excluding carboxylic acids is 1. The van der Waals surface area contributed by atoms with Gasteiger partial charge in [0.25, 0.3) is 5.91 Å². The van der Waals surface area contributed by atoms with Crippen molar-refractivity contribution in [2.45, 2.75) is 26.2 Å². The molecule has 0 bridgehead atoms. The number of rotatable bonds is 6. The van der Waals surface area contributed by atoms with Gasteiger partial charge in [0.05, 0.1) is 0 Å². The molecule has 0 saturated heterocycles. The van der Waals surface area contributed by atoms with E-state index in [0.29, 0.717) is 18.2 Å². The molecule has 0 aliphatic heterocycles. The lowest BCUT2D eigenvalue weighted by atomic mass is 9.87. The van der Waals surface area contributed by atoms with Crippen LogP contribution in [0.15, 0.2) is 65.6 Å². The van der Waals surface area contributed by atoms with Crippen molar-refractivity contribution >= 4 is 11.6 Å². The van der Waals surface area contributed by atoms with Crippen molar-refractivity contribution in [3.05, 3.63) is 72.4 Å². The third kappa shape index (κ3) is 4.62. The molecule has 5 nitrogen and oxygen atoms in total. The number of amides is 1. The van der Waals surface area contributed by atoms with Crippen LogP contribution in [-0.4, -0.2) is 31.5 Å². The number of nitrogens with zero attached hydrogens (tertiary/aromatic N) is 2. The summed E-state index contributed by atoms with van der Waals surface area (Å²) in [7, 11) is 3.94. The van der Waals surface area contributed by atoms with Crippen molar-refractivity contribution in [2.75, 3.05) is 25.5 Å². The highest BCUT2D eigenvalue weighted by Crippen LogP contribution is 2.32. The van der Waals surface area contributed by atoms with E-state index in [1.165, 1.54) is 5.56 Å². The first-order valence-electron chi connectivity index (χ1n) is 9.99.